The maximum atomic E-state index is 12.3. The molecular formula is C14H24N2O3S. The van der Waals surface area contributed by atoms with E-state index >= 15 is 0 Å². The Hall–Kier alpha value is -1.11. The van der Waals surface area contributed by atoms with Gasteiger partial charge in [0, 0.05) is 17.6 Å². The molecule has 0 heterocycles. The van der Waals surface area contributed by atoms with Crippen molar-refractivity contribution < 1.29 is 13.2 Å². The van der Waals surface area contributed by atoms with Crippen molar-refractivity contribution in [3.8, 4) is 5.75 Å². The molecule has 0 aliphatic rings. The quantitative estimate of drug-likeness (QED) is 0.842. The van der Waals surface area contributed by atoms with Crippen LogP contribution in [0.4, 0.5) is 0 Å². The van der Waals surface area contributed by atoms with Crippen molar-refractivity contribution in [1.29, 1.82) is 0 Å². The molecule has 0 atom stereocenters. The standard InChI is InChI=1S/C14H24N2O3S/c1-6-19-13-8-7-12(9-11(13)10-15-5)20(17,18)16-14(2,3)4/h7-9,15-16H,6,10H2,1-5H3. The first-order valence-electron chi connectivity index (χ1n) is 6.64. The van der Waals surface area contributed by atoms with Crippen LogP contribution in [-0.2, 0) is 16.6 Å². The first-order chi connectivity index (χ1) is 9.19. The lowest BCUT2D eigenvalue weighted by Crippen LogP contribution is -2.40. The molecule has 0 aliphatic heterocycles. The molecule has 1 aromatic carbocycles. The number of nitrogens with one attached hydrogen (secondary N) is 2. The zero-order chi connectivity index (χ0) is 15.4. The summed E-state index contributed by atoms with van der Waals surface area (Å²) in [6.07, 6.45) is 0. The van der Waals surface area contributed by atoms with E-state index in [0.29, 0.717) is 18.9 Å². The van der Waals surface area contributed by atoms with Crippen LogP contribution in [0.15, 0.2) is 23.1 Å². The lowest BCUT2D eigenvalue weighted by Gasteiger charge is -2.21. The van der Waals surface area contributed by atoms with Crippen molar-refractivity contribution in [2.75, 3.05) is 13.7 Å². The molecular weight excluding hydrogens is 276 g/mol. The minimum Gasteiger partial charge on any atom is -0.494 e. The van der Waals surface area contributed by atoms with E-state index in [-0.39, 0.29) is 4.90 Å². The van der Waals surface area contributed by atoms with Crippen molar-refractivity contribution in [2.24, 2.45) is 0 Å². The summed E-state index contributed by atoms with van der Waals surface area (Å²) in [5, 5.41) is 3.01. The summed E-state index contributed by atoms with van der Waals surface area (Å²) in [5.41, 5.74) is 0.312. The third-order valence-corrected chi connectivity index (χ3v) is 4.21. The van der Waals surface area contributed by atoms with Crippen molar-refractivity contribution in [2.45, 2.75) is 44.7 Å². The van der Waals surface area contributed by atoms with Gasteiger partial charge in [-0.15, -0.1) is 0 Å². The van der Waals surface area contributed by atoms with E-state index in [1.165, 1.54) is 0 Å². The van der Waals surface area contributed by atoms with Crippen molar-refractivity contribution >= 4 is 10.0 Å². The summed E-state index contributed by atoms with van der Waals surface area (Å²) in [6.45, 7) is 8.43. The Morgan fingerprint density at radius 2 is 1.90 bits per heavy atom. The second kappa shape index (κ2) is 6.56. The third kappa shape index (κ3) is 4.77. The Kier molecular flexibility index (Phi) is 5.56. The first-order valence-corrected chi connectivity index (χ1v) is 8.12. The summed E-state index contributed by atoms with van der Waals surface area (Å²) < 4.78 is 32.7. The number of benzene rings is 1. The topological polar surface area (TPSA) is 67.4 Å². The maximum absolute atomic E-state index is 12.3. The Bertz CT molecular complexity index is 548. The van der Waals surface area contributed by atoms with Crippen LogP contribution in [0.2, 0.25) is 0 Å². The molecule has 114 valence electrons. The van der Waals surface area contributed by atoms with Gasteiger partial charge in [-0.2, -0.15) is 0 Å². The molecule has 0 unspecified atom stereocenters. The molecule has 0 radical (unpaired) electrons. The predicted octanol–water partition coefficient (Wildman–Crippen LogP) is 1.88. The molecule has 0 spiro atoms. The Balaban J connectivity index is 3.17. The lowest BCUT2D eigenvalue weighted by molar-refractivity contribution is 0.335. The van der Waals surface area contributed by atoms with Crippen LogP contribution in [0.1, 0.15) is 33.3 Å². The summed E-state index contributed by atoms with van der Waals surface area (Å²) in [4.78, 5) is 0.251. The molecule has 0 amide bonds. The molecule has 0 aromatic heterocycles. The molecule has 0 aliphatic carbocycles. The highest BCUT2D eigenvalue weighted by Gasteiger charge is 2.22. The van der Waals surface area contributed by atoms with Crippen LogP contribution in [0.3, 0.4) is 0 Å². The molecule has 0 fully saturated rings. The molecule has 1 aromatic rings. The van der Waals surface area contributed by atoms with Crippen molar-refractivity contribution in [1.82, 2.24) is 10.0 Å². The minimum atomic E-state index is -3.52. The Morgan fingerprint density at radius 3 is 2.40 bits per heavy atom. The van der Waals surface area contributed by atoms with Gasteiger partial charge < -0.3 is 10.1 Å². The SMILES string of the molecule is CCOc1ccc(S(=O)(=O)NC(C)(C)C)cc1CNC. The summed E-state index contributed by atoms with van der Waals surface area (Å²) in [7, 11) is -1.71. The van der Waals surface area contributed by atoms with Crippen molar-refractivity contribution in [3.05, 3.63) is 23.8 Å². The highest BCUT2D eigenvalue weighted by molar-refractivity contribution is 7.89. The van der Waals surface area contributed by atoms with Gasteiger partial charge >= 0.3 is 0 Å². The average molecular weight is 300 g/mol. The van der Waals surface area contributed by atoms with E-state index in [4.69, 9.17) is 4.74 Å². The fourth-order valence-electron chi connectivity index (χ4n) is 1.81. The monoisotopic (exact) mass is 300 g/mol. The summed E-state index contributed by atoms with van der Waals surface area (Å²) in [6, 6.07) is 4.92. The van der Waals surface area contributed by atoms with Gasteiger partial charge in [0.2, 0.25) is 10.0 Å². The number of ether oxygens (including phenoxy) is 1. The van der Waals surface area contributed by atoms with Gasteiger partial charge in [0.05, 0.1) is 11.5 Å². The zero-order valence-electron chi connectivity index (χ0n) is 12.8. The largest absolute Gasteiger partial charge is 0.494 e. The van der Waals surface area contributed by atoms with Crippen LogP contribution in [0.25, 0.3) is 0 Å². The van der Waals surface area contributed by atoms with Gasteiger partial charge in [0.1, 0.15) is 5.75 Å². The zero-order valence-corrected chi connectivity index (χ0v) is 13.6. The normalized spacial score (nSPS) is 12.4. The van der Waals surface area contributed by atoms with Crippen LogP contribution in [0.5, 0.6) is 5.75 Å². The molecule has 0 bridgehead atoms. The van der Waals surface area contributed by atoms with E-state index in [2.05, 4.69) is 10.0 Å². The van der Waals surface area contributed by atoms with Crippen LogP contribution in [-0.4, -0.2) is 27.6 Å². The molecule has 0 saturated heterocycles. The highest BCUT2D eigenvalue weighted by atomic mass is 32.2. The highest BCUT2D eigenvalue weighted by Crippen LogP contribution is 2.23. The third-order valence-electron chi connectivity index (χ3n) is 2.45. The van der Waals surface area contributed by atoms with Gasteiger partial charge in [-0.1, -0.05) is 0 Å². The molecule has 2 N–H and O–H groups in total. The number of sulfonamides is 1. The Morgan fingerprint density at radius 1 is 1.25 bits per heavy atom. The van der Waals surface area contributed by atoms with Crippen molar-refractivity contribution in [3.63, 3.8) is 0 Å². The second-order valence-electron chi connectivity index (χ2n) is 5.59. The number of hydrogen-bond acceptors (Lipinski definition) is 4. The minimum absolute atomic E-state index is 0.251. The number of rotatable bonds is 6. The molecule has 6 heteroatoms. The Labute approximate surface area is 121 Å². The fraction of sp³-hybridized carbons (Fsp3) is 0.571. The van der Waals surface area contributed by atoms with Crippen LogP contribution >= 0.6 is 0 Å². The average Bonchev–Trinajstić information content (AvgIpc) is 2.28. The maximum Gasteiger partial charge on any atom is 0.241 e. The van der Waals surface area contributed by atoms with Gasteiger partial charge in [0.15, 0.2) is 0 Å². The van der Waals surface area contributed by atoms with E-state index < -0.39 is 15.6 Å². The first kappa shape index (κ1) is 16.9. The van der Waals surface area contributed by atoms with Crippen LogP contribution < -0.4 is 14.8 Å². The van der Waals surface area contributed by atoms with E-state index in [0.717, 1.165) is 5.56 Å². The molecule has 0 saturated carbocycles. The van der Waals surface area contributed by atoms with E-state index in [1.54, 1.807) is 18.2 Å². The van der Waals surface area contributed by atoms with Gasteiger partial charge in [0.25, 0.3) is 0 Å². The van der Waals surface area contributed by atoms with Crippen LogP contribution in [0, 0.1) is 0 Å². The summed E-state index contributed by atoms with van der Waals surface area (Å²) in [5.74, 6) is 0.705. The molecule has 1 rings (SSSR count). The van der Waals surface area contributed by atoms with Gasteiger partial charge in [-0.05, 0) is 52.9 Å². The summed E-state index contributed by atoms with van der Waals surface area (Å²) >= 11 is 0. The lowest BCUT2D eigenvalue weighted by atomic mass is 10.1. The second-order valence-corrected chi connectivity index (χ2v) is 7.27. The van der Waals surface area contributed by atoms with Gasteiger partial charge in [-0.25, -0.2) is 13.1 Å². The smallest absolute Gasteiger partial charge is 0.241 e. The predicted molar refractivity (Wildman–Crippen MR) is 80.4 cm³/mol. The van der Waals surface area contributed by atoms with Gasteiger partial charge in [-0.3, -0.25) is 0 Å². The van der Waals surface area contributed by atoms with E-state index in [1.807, 2.05) is 34.7 Å². The van der Waals surface area contributed by atoms with E-state index in [9.17, 15) is 8.42 Å². The molecule has 5 nitrogen and oxygen atoms in total. The fourth-order valence-corrected chi connectivity index (χ4v) is 3.28. The number of hydrogen-bond donors (Lipinski definition) is 2. The molecule has 20 heavy (non-hydrogen) atoms.